The van der Waals surface area contributed by atoms with Crippen molar-refractivity contribution in [2.75, 3.05) is 18.4 Å². The summed E-state index contributed by atoms with van der Waals surface area (Å²) in [6.07, 6.45) is 0.721. The van der Waals surface area contributed by atoms with Crippen LogP contribution >= 0.6 is 0 Å². The highest BCUT2D eigenvalue weighted by molar-refractivity contribution is 7.89. The molecule has 0 bridgehead atoms. The highest BCUT2D eigenvalue weighted by Crippen LogP contribution is 2.27. The lowest BCUT2D eigenvalue weighted by molar-refractivity contribution is -0.120. The van der Waals surface area contributed by atoms with Gasteiger partial charge in [0, 0.05) is 30.3 Å². The number of carbonyl (C=O) groups is 1. The maximum atomic E-state index is 14.0. The Morgan fingerprint density at radius 1 is 1.16 bits per heavy atom. The minimum atomic E-state index is -3.93. The van der Waals surface area contributed by atoms with Gasteiger partial charge in [-0.15, -0.1) is 0 Å². The number of carbonyl (C=O) groups excluding carboxylic acids is 1. The van der Waals surface area contributed by atoms with Gasteiger partial charge in [-0.2, -0.15) is 9.40 Å². The summed E-state index contributed by atoms with van der Waals surface area (Å²) in [4.78, 5) is 16.7. The Morgan fingerprint density at radius 2 is 1.90 bits per heavy atom. The first-order valence-electron chi connectivity index (χ1n) is 9.89. The molecular weight excluding hydrogens is 421 g/mol. The van der Waals surface area contributed by atoms with Crippen LogP contribution in [0.1, 0.15) is 18.7 Å². The number of anilines is 1. The van der Waals surface area contributed by atoms with Gasteiger partial charge < -0.3 is 5.32 Å². The molecule has 1 saturated heterocycles. The molecule has 0 saturated carbocycles. The predicted octanol–water partition coefficient (Wildman–Crippen LogP) is 2.96. The number of nitrogens with zero attached hydrogens (tertiary/aromatic N) is 3. The number of H-pyrrole nitrogens is 1. The number of hydrogen-bond acceptors (Lipinski definition) is 5. The number of halogens is 1. The van der Waals surface area contributed by atoms with Crippen LogP contribution in [0.25, 0.3) is 11.4 Å². The molecule has 2 heterocycles. The summed E-state index contributed by atoms with van der Waals surface area (Å²) < 4.78 is 40.6. The molecule has 1 aliphatic rings. The number of hydrogen-bond donors (Lipinski definition) is 2. The zero-order valence-electron chi connectivity index (χ0n) is 16.9. The summed E-state index contributed by atoms with van der Waals surface area (Å²) in [5.74, 6) is -0.0432. The predicted molar refractivity (Wildman–Crippen MR) is 113 cm³/mol. The van der Waals surface area contributed by atoms with Crippen molar-refractivity contribution in [3.8, 4) is 11.4 Å². The van der Waals surface area contributed by atoms with Crippen molar-refractivity contribution in [1.82, 2.24) is 19.5 Å². The standard InChI is InChI=1S/C21H22FN5O3S/c1-14-23-20(26-25-14)16-5-4-6-17(13-16)24-21(28)15-9-11-27(12-10-15)31(29,30)19-8-3-2-7-18(19)22/h2-8,13,15H,9-12H2,1H3,(H,24,28)(H,23,25,26). The number of aryl methyl sites for hydroxylation is 1. The number of nitrogens with one attached hydrogen (secondary N) is 2. The van der Waals surface area contributed by atoms with E-state index in [9.17, 15) is 17.6 Å². The fourth-order valence-electron chi connectivity index (χ4n) is 3.60. The molecule has 2 N–H and O–H groups in total. The zero-order valence-corrected chi connectivity index (χ0v) is 17.7. The Kier molecular flexibility index (Phi) is 5.84. The van der Waals surface area contributed by atoms with Crippen molar-refractivity contribution in [2.24, 2.45) is 5.92 Å². The average Bonchev–Trinajstić information content (AvgIpc) is 3.20. The van der Waals surface area contributed by atoms with Gasteiger partial charge in [0.25, 0.3) is 0 Å². The molecule has 3 aromatic rings. The second-order valence-electron chi connectivity index (χ2n) is 7.42. The summed E-state index contributed by atoms with van der Waals surface area (Å²) in [6, 6.07) is 12.5. The molecule has 1 amide bonds. The second kappa shape index (κ2) is 8.56. The van der Waals surface area contributed by atoms with E-state index in [1.807, 2.05) is 6.07 Å². The van der Waals surface area contributed by atoms with E-state index in [0.717, 1.165) is 11.6 Å². The van der Waals surface area contributed by atoms with Crippen molar-refractivity contribution in [3.63, 3.8) is 0 Å². The van der Waals surface area contributed by atoms with Crippen LogP contribution in [-0.2, 0) is 14.8 Å². The average molecular weight is 444 g/mol. The van der Waals surface area contributed by atoms with E-state index >= 15 is 0 Å². The summed E-state index contributed by atoms with van der Waals surface area (Å²) >= 11 is 0. The van der Waals surface area contributed by atoms with Crippen LogP contribution in [0.15, 0.2) is 53.4 Å². The molecule has 2 aromatic carbocycles. The van der Waals surface area contributed by atoms with Gasteiger partial charge in [0.1, 0.15) is 16.5 Å². The molecule has 162 valence electrons. The number of amides is 1. The van der Waals surface area contributed by atoms with Gasteiger partial charge in [-0.05, 0) is 44.0 Å². The number of benzene rings is 2. The van der Waals surface area contributed by atoms with E-state index < -0.39 is 15.8 Å². The number of rotatable bonds is 5. The fourth-order valence-corrected chi connectivity index (χ4v) is 5.14. The van der Waals surface area contributed by atoms with Crippen LogP contribution in [0.4, 0.5) is 10.1 Å². The van der Waals surface area contributed by atoms with E-state index in [1.54, 1.807) is 25.1 Å². The molecule has 0 radical (unpaired) electrons. The Balaban J connectivity index is 1.39. The van der Waals surface area contributed by atoms with E-state index in [1.165, 1.54) is 22.5 Å². The van der Waals surface area contributed by atoms with Crippen LogP contribution < -0.4 is 5.32 Å². The maximum Gasteiger partial charge on any atom is 0.245 e. The van der Waals surface area contributed by atoms with Crippen LogP contribution in [0.2, 0.25) is 0 Å². The molecule has 0 unspecified atom stereocenters. The Hall–Kier alpha value is -3.11. The van der Waals surface area contributed by atoms with Crippen molar-refractivity contribution in [3.05, 3.63) is 60.2 Å². The third-order valence-corrected chi connectivity index (χ3v) is 7.20. The van der Waals surface area contributed by atoms with Gasteiger partial charge in [-0.1, -0.05) is 24.3 Å². The minimum absolute atomic E-state index is 0.158. The molecule has 31 heavy (non-hydrogen) atoms. The quantitative estimate of drug-likeness (QED) is 0.630. The number of aromatic amines is 1. The molecule has 4 rings (SSSR count). The molecule has 8 nitrogen and oxygen atoms in total. The van der Waals surface area contributed by atoms with E-state index in [0.29, 0.717) is 30.2 Å². The van der Waals surface area contributed by atoms with Crippen molar-refractivity contribution in [1.29, 1.82) is 0 Å². The normalized spacial score (nSPS) is 15.7. The number of sulfonamides is 1. The molecule has 1 aromatic heterocycles. The maximum absolute atomic E-state index is 14.0. The molecule has 0 aliphatic carbocycles. The number of aromatic nitrogens is 3. The first-order chi connectivity index (χ1) is 14.8. The Morgan fingerprint density at radius 3 is 2.58 bits per heavy atom. The third kappa shape index (κ3) is 4.49. The third-order valence-electron chi connectivity index (χ3n) is 5.26. The largest absolute Gasteiger partial charge is 0.326 e. The molecule has 10 heteroatoms. The summed E-state index contributed by atoms with van der Waals surface area (Å²) in [5, 5.41) is 9.80. The SMILES string of the molecule is Cc1nc(-c2cccc(NC(=O)C3CCN(S(=O)(=O)c4ccccc4F)CC3)c2)n[nH]1. The van der Waals surface area contributed by atoms with Crippen LogP contribution in [0.3, 0.4) is 0 Å². The van der Waals surface area contributed by atoms with Crippen LogP contribution in [0.5, 0.6) is 0 Å². The lowest BCUT2D eigenvalue weighted by Gasteiger charge is -2.30. The highest BCUT2D eigenvalue weighted by atomic mass is 32.2. The van der Waals surface area contributed by atoms with E-state index in [2.05, 4.69) is 20.5 Å². The Bertz CT molecular complexity index is 1200. The van der Waals surface area contributed by atoms with Gasteiger partial charge in [-0.3, -0.25) is 9.89 Å². The molecular formula is C21H22FN5O3S. The van der Waals surface area contributed by atoms with Crippen molar-refractivity contribution >= 4 is 21.6 Å². The lowest BCUT2D eigenvalue weighted by atomic mass is 9.97. The summed E-state index contributed by atoms with van der Waals surface area (Å²) in [5.41, 5.74) is 1.39. The molecule has 1 aliphatic heterocycles. The first-order valence-corrected chi connectivity index (χ1v) is 11.3. The molecule has 0 atom stereocenters. The Labute approximate surface area is 179 Å². The second-order valence-corrected chi connectivity index (χ2v) is 9.33. The lowest BCUT2D eigenvalue weighted by Crippen LogP contribution is -2.41. The summed E-state index contributed by atoms with van der Waals surface area (Å²) in [6.45, 7) is 2.12. The zero-order chi connectivity index (χ0) is 22.0. The van der Waals surface area contributed by atoms with Crippen LogP contribution in [0, 0.1) is 18.7 Å². The smallest absolute Gasteiger partial charge is 0.245 e. The van der Waals surface area contributed by atoms with Gasteiger partial charge in [0.2, 0.25) is 15.9 Å². The topological polar surface area (TPSA) is 108 Å². The van der Waals surface area contributed by atoms with Gasteiger partial charge in [0.15, 0.2) is 5.82 Å². The van der Waals surface area contributed by atoms with Crippen LogP contribution in [-0.4, -0.2) is 46.9 Å². The fraction of sp³-hybridized carbons (Fsp3) is 0.286. The highest BCUT2D eigenvalue weighted by Gasteiger charge is 2.33. The number of piperidine rings is 1. The summed E-state index contributed by atoms with van der Waals surface area (Å²) in [7, 11) is -3.93. The van der Waals surface area contributed by atoms with E-state index in [-0.39, 0.29) is 29.8 Å². The molecule has 1 fully saturated rings. The van der Waals surface area contributed by atoms with Crippen molar-refractivity contribution < 1.29 is 17.6 Å². The van der Waals surface area contributed by atoms with Gasteiger partial charge in [-0.25, -0.2) is 17.8 Å². The van der Waals surface area contributed by atoms with Gasteiger partial charge in [0.05, 0.1) is 0 Å². The minimum Gasteiger partial charge on any atom is -0.326 e. The first kappa shape index (κ1) is 21.1. The monoisotopic (exact) mass is 443 g/mol. The van der Waals surface area contributed by atoms with Crippen molar-refractivity contribution in [2.45, 2.75) is 24.7 Å². The van der Waals surface area contributed by atoms with Gasteiger partial charge >= 0.3 is 0 Å². The molecule has 0 spiro atoms. The van der Waals surface area contributed by atoms with E-state index in [4.69, 9.17) is 0 Å².